The molecule has 194 valence electrons. The second-order valence-corrected chi connectivity index (χ2v) is 10.4. The van der Waals surface area contributed by atoms with Crippen LogP contribution in [0.3, 0.4) is 0 Å². The molecule has 0 spiro atoms. The summed E-state index contributed by atoms with van der Waals surface area (Å²) in [6.07, 6.45) is 0. The fourth-order valence-electron chi connectivity index (χ4n) is 3.93. The first-order valence-corrected chi connectivity index (χ1v) is 13.2. The van der Waals surface area contributed by atoms with Gasteiger partial charge in [-0.25, -0.2) is 4.68 Å². The third kappa shape index (κ3) is 6.11. The van der Waals surface area contributed by atoms with Crippen molar-refractivity contribution in [2.75, 3.05) is 0 Å². The zero-order chi connectivity index (χ0) is 27.6. The summed E-state index contributed by atoms with van der Waals surface area (Å²) in [7, 11) is 0. The third-order valence-electron chi connectivity index (χ3n) is 5.62. The molecule has 0 radical (unpaired) electrons. The van der Waals surface area contributed by atoms with Gasteiger partial charge < -0.3 is 0 Å². The Labute approximate surface area is 245 Å². The molecule has 0 aliphatic heterocycles. The van der Waals surface area contributed by atoms with E-state index in [1.54, 1.807) is 12.1 Å². The van der Waals surface area contributed by atoms with E-state index in [0.717, 1.165) is 50.7 Å². The Kier molecular flexibility index (Phi) is 8.91. The molecule has 38 heavy (non-hydrogen) atoms. The highest BCUT2D eigenvalue weighted by Crippen LogP contribution is 2.35. The maximum Gasteiger partial charge on any atom is 0.178 e. The summed E-state index contributed by atoms with van der Waals surface area (Å²) >= 11 is 30.1. The van der Waals surface area contributed by atoms with Gasteiger partial charge in [0.15, 0.2) is 10.3 Å². The van der Waals surface area contributed by atoms with Gasteiger partial charge in [0.2, 0.25) is 0 Å². The zero-order valence-corrected chi connectivity index (χ0v) is 24.5. The van der Waals surface area contributed by atoms with Gasteiger partial charge in [0.05, 0.1) is 22.1 Å². The molecule has 0 saturated carbocycles. The first kappa shape index (κ1) is 28.3. The number of rotatable bonds is 3. The lowest BCUT2D eigenvalue weighted by Gasteiger charge is -2.14. The predicted octanol–water partition coefficient (Wildman–Crippen LogP) is 8.97. The molecular formula is C27H21Cl5N6. The van der Waals surface area contributed by atoms with Gasteiger partial charge in [-0.3, -0.25) is 0 Å². The molecule has 0 atom stereocenters. The Morgan fingerprint density at radius 3 is 1.55 bits per heavy atom. The van der Waals surface area contributed by atoms with E-state index in [4.69, 9.17) is 58.0 Å². The Bertz CT molecular complexity index is 1600. The minimum Gasteiger partial charge on any atom is -0.234 e. The van der Waals surface area contributed by atoms with Crippen LogP contribution in [0.1, 0.15) is 22.8 Å². The molecule has 3 aromatic heterocycles. The highest BCUT2D eigenvalue weighted by molar-refractivity contribution is 6.43. The van der Waals surface area contributed by atoms with E-state index < -0.39 is 0 Å². The zero-order valence-electron chi connectivity index (χ0n) is 20.8. The van der Waals surface area contributed by atoms with Crippen LogP contribution in [0.5, 0.6) is 0 Å². The van der Waals surface area contributed by atoms with E-state index in [1.807, 2.05) is 74.8 Å². The van der Waals surface area contributed by atoms with E-state index in [2.05, 4.69) is 25.5 Å². The van der Waals surface area contributed by atoms with Crippen molar-refractivity contribution in [2.24, 2.45) is 0 Å². The molecule has 0 bridgehead atoms. The average Bonchev–Trinajstić information content (AvgIpc) is 3.22. The van der Waals surface area contributed by atoms with Gasteiger partial charge in [0.1, 0.15) is 5.69 Å². The Morgan fingerprint density at radius 1 is 0.579 bits per heavy atom. The van der Waals surface area contributed by atoms with E-state index in [1.165, 1.54) is 0 Å². The van der Waals surface area contributed by atoms with Crippen molar-refractivity contribution >= 4 is 58.0 Å². The van der Waals surface area contributed by atoms with Gasteiger partial charge in [-0.1, -0.05) is 82.3 Å². The molecular weight excluding hydrogens is 586 g/mol. The van der Waals surface area contributed by atoms with Crippen molar-refractivity contribution in [3.8, 4) is 27.9 Å². The molecule has 11 heteroatoms. The molecule has 3 heterocycles. The summed E-state index contributed by atoms with van der Waals surface area (Å²) in [4.78, 5) is 0. The highest BCUT2D eigenvalue weighted by Gasteiger charge is 2.19. The van der Waals surface area contributed by atoms with Crippen LogP contribution in [0.4, 0.5) is 0 Å². The SMILES string of the molecule is Cc1cc(C)n(-c2c(Cl)nnc(C)c2-c2ccc(Cl)cc2)n1.Cc1nnc(Cl)c(Cl)c1-c1ccc(Cl)cc1. The molecule has 0 saturated heterocycles. The minimum atomic E-state index is 0.206. The van der Waals surface area contributed by atoms with Crippen LogP contribution in [0.2, 0.25) is 25.4 Å². The second kappa shape index (κ2) is 12.0. The van der Waals surface area contributed by atoms with Crippen molar-refractivity contribution in [3.05, 3.63) is 103 Å². The Hall–Kier alpha value is -2.74. The van der Waals surface area contributed by atoms with Gasteiger partial charge in [-0.2, -0.15) is 15.3 Å². The summed E-state index contributed by atoms with van der Waals surface area (Å²) in [5, 5.41) is 22.7. The Balaban J connectivity index is 0.000000186. The summed E-state index contributed by atoms with van der Waals surface area (Å²) < 4.78 is 1.81. The monoisotopic (exact) mass is 604 g/mol. The molecule has 0 fully saturated rings. The van der Waals surface area contributed by atoms with Crippen LogP contribution in [-0.4, -0.2) is 30.2 Å². The summed E-state index contributed by atoms with van der Waals surface area (Å²) in [6.45, 7) is 7.67. The fraction of sp³-hybridized carbons (Fsp3) is 0.148. The number of nitrogens with zero attached hydrogens (tertiary/aromatic N) is 6. The summed E-state index contributed by atoms with van der Waals surface area (Å²) in [6, 6.07) is 16.9. The van der Waals surface area contributed by atoms with Crippen LogP contribution < -0.4 is 0 Å². The van der Waals surface area contributed by atoms with Crippen LogP contribution in [0, 0.1) is 27.7 Å². The molecule has 0 N–H and O–H groups in total. The summed E-state index contributed by atoms with van der Waals surface area (Å²) in [5.74, 6) is 0. The van der Waals surface area contributed by atoms with Crippen molar-refractivity contribution in [3.63, 3.8) is 0 Å². The molecule has 0 unspecified atom stereocenters. The first-order valence-electron chi connectivity index (χ1n) is 11.3. The lowest BCUT2D eigenvalue weighted by molar-refractivity contribution is 0.816. The molecule has 5 aromatic rings. The van der Waals surface area contributed by atoms with E-state index >= 15 is 0 Å². The number of hydrogen-bond donors (Lipinski definition) is 0. The molecule has 6 nitrogen and oxygen atoms in total. The van der Waals surface area contributed by atoms with E-state index in [9.17, 15) is 0 Å². The van der Waals surface area contributed by atoms with Crippen molar-refractivity contribution < 1.29 is 0 Å². The minimum absolute atomic E-state index is 0.206. The van der Waals surface area contributed by atoms with Gasteiger partial charge in [-0.05, 0) is 69.2 Å². The van der Waals surface area contributed by atoms with Crippen LogP contribution >= 0.6 is 58.0 Å². The van der Waals surface area contributed by atoms with Gasteiger partial charge >= 0.3 is 0 Å². The highest BCUT2D eigenvalue weighted by atomic mass is 35.5. The molecule has 0 amide bonds. The normalized spacial score (nSPS) is 10.8. The van der Waals surface area contributed by atoms with Crippen molar-refractivity contribution in [1.82, 2.24) is 30.2 Å². The maximum absolute atomic E-state index is 6.34. The standard InChI is InChI=1S/C16H14Cl2N4.C11H7Cl3N2/c1-9-8-10(2)22(21-9)15-14(11(3)19-20-16(15)18)12-4-6-13(17)7-5-12;1-6-9(10(13)11(14)16-15-6)7-2-4-8(12)5-3-7/h4-8H,1-3H3;2-5H,1H3. The maximum atomic E-state index is 6.34. The first-order chi connectivity index (χ1) is 18.1. The Morgan fingerprint density at radius 2 is 1.05 bits per heavy atom. The lowest BCUT2D eigenvalue weighted by Crippen LogP contribution is -2.07. The molecule has 0 aliphatic carbocycles. The number of aryl methyl sites for hydroxylation is 4. The van der Waals surface area contributed by atoms with Crippen LogP contribution in [0.25, 0.3) is 27.9 Å². The number of benzene rings is 2. The van der Waals surface area contributed by atoms with Gasteiger partial charge in [0.25, 0.3) is 0 Å². The largest absolute Gasteiger partial charge is 0.234 e. The van der Waals surface area contributed by atoms with Gasteiger partial charge in [0, 0.05) is 26.9 Å². The van der Waals surface area contributed by atoms with Crippen molar-refractivity contribution in [2.45, 2.75) is 27.7 Å². The summed E-state index contributed by atoms with van der Waals surface area (Å²) in [5.41, 5.74) is 7.76. The van der Waals surface area contributed by atoms with Crippen molar-refractivity contribution in [1.29, 1.82) is 0 Å². The molecule has 0 aliphatic rings. The number of hydrogen-bond acceptors (Lipinski definition) is 5. The quantitative estimate of drug-likeness (QED) is 0.205. The van der Waals surface area contributed by atoms with Gasteiger partial charge in [-0.15, -0.1) is 10.2 Å². The lowest BCUT2D eigenvalue weighted by atomic mass is 10.0. The van der Waals surface area contributed by atoms with Crippen LogP contribution in [-0.2, 0) is 0 Å². The molecule has 2 aromatic carbocycles. The number of halogens is 5. The fourth-order valence-corrected chi connectivity index (χ4v) is 4.81. The van der Waals surface area contributed by atoms with E-state index in [-0.39, 0.29) is 5.15 Å². The average molecular weight is 607 g/mol. The smallest absolute Gasteiger partial charge is 0.178 e. The second-order valence-electron chi connectivity index (χ2n) is 8.42. The van der Waals surface area contributed by atoms with Crippen LogP contribution in [0.15, 0.2) is 54.6 Å². The third-order valence-corrected chi connectivity index (χ3v) is 7.11. The topological polar surface area (TPSA) is 69.4 Å². The van der Waals surface area contributed by atoms with E-state index in [0.29, 0.717) is 20.2 Å². The predicted molar refractivity (Wildman–Crippen MR) is 156 cm³/mol. The number of aromatic nitrogens is 6. The molecule has 5 rings (SSSR count).